The van der Waals surface area contributed by atoms with Crippen LogP contribution in [0, 0.1) is 0 Å². The van der Waals surface area contributed by atoms with Crippen LogP contribution in [-0.4, -0.2) is 31.6 Å². The molecule has 2 N–H and O–H groups in total. The number of nitrogens with one attached hydrogen (secondary N) is 2. The third-order valence-electron chi connectivity index (χ3n) is 3.58. The van der Waals surface area contributed by atoms with Gasteiger partial charge in [0.2, 0.25) is 0 Å². The Morgan fingerprint density at radius 3 is 2.46 bits per heavy atom. The molecule has 0 aromatic heterocycles. The summed E-state index contributed by atoms with van der Waals surface area (Å²) in [5.41, 5.74) is 0.779. The van der Waals surface area contributed by atoms with Gasteiger partial charge in [-0.05, 0) is 31.2 Å². The van der Waals surface area contributed by atoms with Crippen molar-refractivity contribution in [3.8, 4) is 11.5 Å². The molecule has 0 fully saturated rings. The monoisotopic (exact) mass is 354 g/mol. The molecule has 0 aliphatic rings. The van der Waals surface area contributed by atoms with Gasteiger partial charge in [-0.1, -0.05) is 30.3 Å². The quantitative estimate of drug-likeness (QED) is 0.715. The molecule has 2 aromatic rings. The van der Waals surface area contributed by atoms with Crippen molar-refractivity contribution < 1.29 is 19.1 Å². The number of amides is 2. The summed E-state index contributed by atoms with van der Waals surface area (Å²) < 4.78 is 10.9. The number of methoxy groups -OCH3 is 1. The van der Waals surface area contributed by atoms with Gasteiger partial charge in [-0.15, -0.1) is 6.58 Å². The number of carbonyl (C=O) groups excluding carboxylic acids is 2. The smallest absolute Gasteiger partial charge is 0.265 e. The lowest BCUT2D eigenvalue weighted by Gasteiger charge is -2.17. The maximum Gasteiger partial charge on any atom is 0.265 e. The number of hydrogen-bond donors (Lipinski definition) is 2. The second kappa shape index (κ2) is 9.27. The molecule has 0 aliphatic carbocycles. The summed E-state index contributed by atoms with van der Waals surface area (Å²) in [7, 11) is 1.53. The Morgan fingerprint density at radius 2 is 1.77 bits per heavy atom. The van der Waals surface area contributed by atoms with Crippen LogP contribution in [-0.2, 0) is 4.79 Å². The van der Waals surface area contributed by atoms with Gasteiger partial charge in [0.25, 0.3) is 11.8 Å². The molecule has 0 radical (unpaired) electrons. The summed E-state index contributed by atoms with van der Waals surface area (Å²) in [6, 6.07) is 13.9. The van der Waals surface area contributed by atoms with E-state index < -0.39 is 6.10 Å². The van der Waals surface area contributed by atoms with E-state index in [9.17, 15) is 9.59 Å². The molecule has 0 saturated carbocycles. The van der Waals surface area contributed by atoms with E-state index in [4.69, 9.17) is 9.47 Å². The summed E-state index contributed by atoms with van der Waals surface area (Å²) >= 11 is 0. The summed E-state index contributed by atoms with van der Waals surface area (Å²) in [4.78, 5) is 24.7. The Bertz CT molecular complexity index is 789. The van der Waals surface area contributed by atoms with Crippen LogP contribution < -0.4 is 20.1 Å². The molecule has 6 nitrogen and oxygen atoms in total. The second-order valence-corrected chi connectivity index (χ2v) is 5.44. The Hall–Kier alpha value is -3.28. The molecule has 2 rings (SSSR count). The molecule has 0 aliphatic heterocycles. The number of anilines is 1. The Morgan fingerprint density at radius 1 is 1.12 bits per heavy atom. The minimum absolute atomic E-state index is 0.292. The largest absolute Gasteiger partial charge is 0.493 e. The van der Waals surface area contributed by atoms with Gasteiger partial charge in [0.1, 0.15) is 0 Å². The van der Waals surface area contributed by atoms with Gasteiger partial charge in [0, 0.05) is 6.54 Å². The highest BCUT2D eigenvalue weighted by Gasteiger charge is 2.19. The zero-order valence-electron chi connectivity index (χ0n) is 14.8. The molecule has 26 heavy (non-hydrogen) atoms. The first kappa shape index (κ1) is 19.1. The average Bonchev–Trinajstić information content (AvgIpc) is 2.66. The Labute approximate surface area is 152 Å². The van der Waals surface area contributed by atoms with Crippen molar-refractivity contribution in [2.75, 3.05) is 19.0 Å². The highest BCUT2D eigenvalue weighted by molar-refractivity contribution is 6.04. The number of carbonyl (C=O) groups is 2. The van der Waals surface area contributed by atoms with Crippen LogP contribution in [0.3, 0.4) is 0 Å². The molecular weight excluding hydrogens is 332 g/mol. The normalized spacial score (nSPS) is 11.2. The van der Waals surface area contributed by atoms with Crippen LogP contribution in [0.25, 0.3) is 0 Å². The van der Waals surface area contributed by atoms with E-state index in [0.717, 1.165) is 0 Å². The van der Waals surface area contributed by atoms with E-state index in [1.807, 2.05) is 6.07 Å². The third kappa shape index (κ3) is 4.86. The molecule has 0 unspecified atom stereocenters. The van der Waals surface area contributed by atoms with Crippen molar-refractivity contribution in [2.24, 2.45) is 0 Å². The molecule has 0 saturated heterocycles. The van der Waals surface area contributed by atoms with E-state index in [1.54, 1.807) is 55.5 Å². The molecule has 2 aromatic carbocycles. The lowest BCUT2D eigenvalue weighted by molar-refractivity contribution is -0.122. The van der Waals surface area contributed by atoms with Gasteiger partial charge in [-0.25, -0.2) is 0 Å². The maximum atomic E-state index is 12.5. The van der Waals surface area contributed by atoms with E-state index in [2.05, 4.69) is 17.2 Å². The fourth-order valence-electron chi connectivity index (χ4n) is 2.24. The summed E-state index contributed by atoms with van der Waals surface area (Å²) in [5.74, 6) is 0.338. The number of para-hydroxylation sites is 3. The van der Waals surface area contributed by atoms with Gasteiger partial charge < -0.3 is 20.1 Å². The fourth-order valence-corrected chi connectivity index (χ4v) is 2.24. The standard InChI is InChI=1S/C20H22N2O4/c1-4-13-21-20(24)15-9-5-6-10-16(15)22-19(23)14(2)26-18-12-8-7-11-17(18)25-3/h4-12,14H,1,13H2,2-3H3,(H,21,24)(H,22,23)/t14-/m0/s1. The van der Waals surface area contributed by atoms with Crippen molar-refractivity contribution in [3.63, 3.8) is 0 Å². The van der Waals surface area contributed by atoms with Crippen LogP contribution in [0.4, 0.5) is 5.69 Å². The van der Waals surface area contributed by atoms with Crippen LogP contribution in [0.2, 0.25) is 0 Å². The third-order valence-corrected chi connectivity index (χ3v) is 3.58. The van der Waals surface area contributed by atoms with Crippen molar-refractivity contribution in [1.29, 1.82) is 0 Å². The molecule has 6 heteroatoms. The van der Waals surface area contributed by atoms with Crippen molar-refractivity contribution in [3.05, 3.63) is 66.7 Å². The SMILES string of the molecule is C=CCNC(=O)c1ccccc1NC(=O)[C@H](C)Oc1ccccc1OC. The second-order valence-electron chi connectivity index (χ2n) is 5.44. The summed E-state index contributed by atoms with van der Waals surface area (Å²) in [6.45, 7) is 5.53. The van der Waals surface area contributed by atoms with Gasteiger partial charge >= 0.3 is 0 Å². The lowest BCUT2D eigenvalue weighted by atomic mass is 10.1. The van der Waals surface area contributed by atoms with Crippen molar-refractivity contribution in [1.82, 2.24) is 5.32 Å². The van der Waals surface area contributed by atoms with Gasteiger partial charge in [-0.3, -0.25) is 9.59 Å². The molecular formula is C20H22N2O4. The zero-order chi connectivity index (χ0) is 18.9. The first-order chi connectivity index (χ1) is 12.6. The van der Waals surface area contributed by atoms with Crippen LogP contribution in [0.15, 0.2) is 61.2 Å². The van der Waals surface area contributed by atoms with Gasteiger partial charge in [0.15, 0.2) is 17.6 Å². The first-order valence-electron chi connectivity index (χ1n) is 8.15. The fraction of sp³-hybridized carbons (Fsp3) is 0.200. The van der Waals surface area contributed by atoms with Crippen LogP contribution in [0.1, 0.15) is 17.3 Å². The van der Waals surface area contributed by atoms with Crippen molar-refractivity contribution in [2.45, 2.75) is 13.0 Å². The minimum Gasteiger partial charge on any atom is -0.493 e. The highest BCUT2D eigenvalue weighted by atomic mass is 16.5. The van der Waals surface area contributed by atoms with Crippen LogP contribution in [0.5, 0.6) is 11.5 Å². The van der Waals surface area contributed by atoms with E-state index in [0.29, 0.717) is 29.3 Å². The summed E-state index contributed by atoms with van der Waals surface area (Å²) in [5, 5.41) is 5.42. The van der Waals surface area contributed by atoms with Crippen molar-refractivity contribution >= 4 is 17.5 Å². The summed E-state index contributed by atoms with van der Waals surface area (Å²) in [6.07, 6.45) is 0.804. The average molecular weight is 354 g/mol. The molecule has 1 atom stereocenters. The molecule has 2 amide bonds. The molecule has 0 bridgehead atoms. The molecule has 0 heterocycles. The number of benzene rings is 2. The molecule has 136 valence electrons. The predicted octanol–water partition coefficient (Wildman–Crippen LogP) is 3.02. The van der Waals surface area contributed by atoms with Gasteiger partial charge in [0.05, 0.1) is 18.4 Å². The zero-order valence-corrected chi connectivity index (χ0v) is 14.8. The predicted molar refractivity (Wildman–Crippen MR) is 101 cm³/mol. The van der Waals surface area contributed by atoms with E-state index in [1.165, 1.54) is 7.11 Å². The lowest BCUT2D eigenvalue weighted by Crippen LogP contribution is -2.32. The Kier molecular flexibility index (Phi) is 6.79. The topological polar surface area (TPSA) is 76.7 Å². The maximum absolute atomic E-state index is 12.5. The van der Waals surface area contributed by atoms with E-state index in [-0.39, 0.29) is 11.8 Å². The van der Waals surface area contributed by atoms with Crippen LogP contribution >= 0.6 is 0 Å². The molecule has 0 spiro atoms. The van der Waals surface area contributed by atoms with Gasteiger partial charge in [-0.2, -0.15) is 0 Å². The Balaban J connectivity index is 2.09. The number of hydrogen-bond acceptors (Lipinski definition) is 4. The number of ether oxygens (including phenoxy) is 2. The minimum atomic E-state index is -0.782. The highest BCUT2D eigenvalue weighted by Crippen LogP contribution is 2.27. The van der Waals surface area contributed by atoms with E-state index >= 15 is 0 Å². The number of rotatable bonds is 8. The first-order valence-corrected chi connectivity index (χ1v) is 8.15.